The van der Waals surface area contributed by atoms with E-state index in [0.717, 1.165) is 0 Å². The molecular weight excluding hydrogens is 397 g/mol. The summed E-state index contributed by atoms with van der Waals surface area (Å²) in [6.45, 7) is 4.21. The summed E-state index contributed by atoms with van der Waals surface area (Å²) in [5.41, 5.74) is 16.6. The first-order valence-corrected chi connectivity index (χ1v) is 9.84. The molecule has 1 aromatic carbocycles. The maximum Gasteiger partial charge on any atom is 0.166 e. The molecule has 1 aliphatic heterocycles. The lowest BCUT2D eigenvalue weighted by molar-refractivity contribution is 0.226. The van der Waals surface area contributed by atoms with Crippen molar-refractivity contribution in [2.45, 2.75) is 26.4 Å². The number of pyridine rings is 1. The molecule has 0 saturated carbocycles. The van der Waals surface area contributed by atoms with Crippen LogP contribution in [0.1, 0.15) is 43.1 Å². The summed E-state index contributed by atoms with van der Waals surface area (Å²) >= 11 is 0. The number of fused-ring (bicyclic) bond motifs is 3. The highest BCUT2D eigenvalue weighted by molar-refractivity contribution is 6.49. The second-order valence-corrected chi connectivity index (χ2v) is 7.00. The molecule has 1 atom stereocenters. The number of rotatable bonds is 2. The van der Waals surface area contributed by atoms with Crippen LogP contribution in [0.4, 0.5) is 10.2 Å². The first-order valence-electron chi connectivity index (χ1n) is 9.84. The maximum absolute atomic E-state index is 14.1. The van der Waals surface area contributed by atoms with Crippen molar-refractivity contribution in [2.75, 3.05) is 19.3 Å². The fourth-order valence-corrected chi connectivity index (χ4v) is 3.47. The number of anilines is 1. The van der Waals surface area contributed by atoms with Gasteiger partial charge in [-0.1, -0.05) is 0 Å². The molecule has 162 valence electrons. The van der Waals surface area contributed by atoms with Crippen LogP contribution in [0.25, 0.3) is 5.70 Å². The number of aliphatic imine (C=N–C) groups is 2. The molecule has 9 heteroatoms. The molecule has 2 heterocycles. The van der Waals surface area contributed by atoms with Crippen molar-refractivity contribution in [3.8, 4) is 5.75 Å². The molecule has 0 saturated heterocycles. The maximum atomic E-state index is 14.1. The van der Waals surface area contributed by atoms with Gasteiger partial charge in [-0.15, -0.1) is 0 Å². The molecule has 6 N–H and O–H groups in total. The minimum atomic E-state index is -0.558. The smallest absolute Gasteiger partial charge is 0.166 e. The number of halogens is 1. The largest absolute Gasteiger partial charge is 0.482 e. The highest BCUT2D eigenvalue weighted by atomic mass is 19.1. The molecule has 0 aliphatic carbocycles. The lowest BCUT2D eigenvalue weighted by Crippen LogP contribution is -2.22. The minimum Gasteiger partial charge on any atom is -0.482 e. The summed E-state index contributed by atoms with van der Waals surface area (Å²) in [6.07, 6.45) is 2.94. The van der Waals surface area contributed by atoms with Gasteiger partial charge in [-0.25, -0.2) is 9.37 Å². The van der Waals surface area contributed by atoms with E-state index in [1.807, 2.05) is 6.92 Å². The number of ether oxygens (including phenoxy) is 1. The van der Waals surface area contributed by atoms with Gasteiger partial charge in [0, 0.05) is 54.8 Å². The van der Waals surface area contributed by atoms with Crippen LogP contribution in [0.3, 0.4) is 0 Å². The van der Waals surface area contributed by atoms with Crippen molar-refractivity contribution >= 4 is 29.2 Å². The Morgan fingerprint density at radius 3 is 2.74 bits per heavy atom. The predicted octanol–water partition coefficient (Wildman–Crippen LogP) is 2.84. The molecule has 3 rings (SSSR count). The fourth-order valence-electron chi connectivity index (χ4n) is 3.47. The molecular formula is C22H26FN7O. The van der Waals surface area contributed by atoms with Gasteiger partial charge in [0.2, 0.25) is 0 Å². The van der Waals surface area contributed by atoms with E-state index in [-0.39, 0.29) is 12.2 Å². The zero-order chi connectivity index (χ0) is 22.5. The predicted molar refractivity (Wildman–Crippen MR) is 123 cm³/mol. The molecule has 0 spiro atoms. The number of nitrogens with two attached hydrogens (primary N) is 3. The fraction of sp³-hybridized carbons (Fsp3) is 0.273. The molecule has 2 bridgehead atoms. The SMILES string of the molecule is CCN=C1C(=NN)CC(C=NC)=C(N)c2ccc(F)cc2C(C)Oc2cc1cnc2N. The van der Waals surface area contributed by atoms with Gasteiger partial charge in [0.1, 0.15) is 11.9 Å². The summed E-state index contributed by atoms with van der Waals surface area (Å²) in [5.74, 6) is 5.90. The van der Waals surface area contributed by atoms with Crippen LogP contribution in [-0.4, -0.2) is 36.2 Å². The van der Waals surface area contributed by atoms with Gasteiger partial charge in [-0.2, -0.15) is 5.10 Å². The van der Waals surface area contributed by atoms with Crippen molar-refractivity contribution in [3.63, 3.8) is 0 Å². The second kappa shape index (κ2) is 9.38. The molecule has 1 aliphatic rings. The zero-order valence-electron chi connectivity index (χ0n) is 17.8. The van der Waals surface area contributed by atoms with Crippen LogP contribution in [0.15, 0.2) is 51.1 Å². The third-order valence-corrected chi connectivity index (χ3v) is 4.93. The van der Waals surface area contributed by atoms with Crippen molar-refractivity contribution in [2.24, 2.45) is 26.7 Å². The quantitative estimate of drug-likeness (QED) is 0.387. The zero-order valence-corrected chi connectivity index (χ0v) is 17.8. The summed E-state index contributed by atoms with van der Waals surface area (Å²) in [5, 5.41) is 3.98. The van der Waals surface area contributed by atoms with Gasteiger partial charge in [-0.3, -0.25) is 9.98 Å². The third-order valence-electron chi connectivity index (χ3n) is 4.93. The molecule has 0 amide bonds. The number of hydrazone groups is 1. The van der Waals surface area contributed by atoms with Crippen LogP contribution in [-0.2, 0) is 0 Å². The Bertz CT molecular complexity index is 1110. The normalized spacial score (nSPS) is 19.8. The standard InChI is InChI=1S/C22H26FN7O/c1-4-28-21-14-8-19(22(25)29-11-14)31-12(2)17-9-15(23)5-6-16(17)20(24)13(10-27-3)7-18(21)30-26/h5-6,8-12H,4,7,24,26H2,1-3H3,(H2,25,29). The van der Waals surface area contributed by atoms with Crippen LogP contribution >= 0.6 is 0 Å². The number of nitrogens with zero attached hydrogens (tertiary/aromatic N) is 4. The van der Waals surface area contributed by atoms with Crippen LogP contribution in [0, 0.1) is 5.82 Å². The van der Waals surface area contributed by atoms with Crippen LogP contribution in [0.5, 0.6) is 5.75 Å². The van der Waals surface area contributed by atoms with Gasteiger partial charge in [-0.05, 0) is 43.7 Å². The third kappa shape index (κ3) is 4.55. The highest BCUT2D eigenvalue weighted by Crippen LogP contribution is 2.32. The van der Waals surface area contributed by atoms with Gasteiger partial charge >= 0.3 is 0 Å². The summed E-state index contributed by atoms with van der Waals surface area (Å²) in [7, 11) is 1.64. The summed E-state index contributed by atoms with van der Waals surface area (Å²) < 4.78 is 20.2. The Kier molecular flexibility index (Phi) is 6.64. The Morgan fingerprint density at radius 2 is 2.06 bits per heavy atom. The summed E-state index contributed by atoms with van der Waals surface area (Å²) in [4.78, 5) is 13.0. The number of hydrogen-bond acceptors (Lipinski definition) is 8. The minimum absolute atomic E-state index is 0.204. The number of allylic oxidation sites excluding steroid dienone is 1. The first-order chi connectivity index (χ1) is 14.9. The van der Waals surface area contributed by atoms with Gasteiger partial charge in [0.25, 0.3) is 0 Å². The van der Waals surface area contributed by atoms with E-state index in [2.05, 4.69) is 20.1 Å². The van der Waals surface area contributed by atoms with E-state index < -0.39 is 11.9 Å². The van der Waals surface area contributed by atoms with E-state index in [4.69, 9.17) is 22.0 Å². The Morgan fingerprint density at radius 1 is 1.29 bits per heavy atom. The molecule has 2 aromatic rings. The van der Waals surface area contributed by atoms with Crippen LogP contribution < -0.4 is 22.0 Å². The average molecular weight is 423 g/mol. The lowest BCUT2D eigenvalue weighted by Gasteiger charge is -2.22. The first kappa shape index (κ1) is 21.9. The Labute approximate surface area is 180 Å². The van der Waals surface area contributed by atoms with E-state index in [9.17, 15) is 4.39 Å². The monoisotopic (exact) mass is 423 g/mol. The van der Waals surface area contributed by atoms with Crippen molar-refractivity contribution in [3.05, 3.63) is 58.5 Å². The molecule has 31 heavy (non-hydrogen) atoms. The van der Waals surface area contributed by atoms with E-state index in [1.165, 1.54) is 12.1 Å². The van der Waals surface area contributed by atoms with E-state index in [1.54, 1.807) is 38.5 Å². The topological polar surface area (TPSA) is 137 Å². The highest BCUT2D eigenvalue weighted by Gasteiger charge is 2.23. The molecule has 8 nitrogen and oxygen atoms in total. The Balaban J connectivity index is 2.34. The van der Waals surface area contributed by atoms with E-state index in [0.29, 0.717) is 51.7 Å². The van der Waals surface area contributed by atoms with Gasteiger partial charge in [0.15, 0.2) is 11.6 Å². The lowest BCUT2D eigenvalue weighted by atomic mass is 9.93. The second-order valence-electron chi connectivity index (χ2n) is 7.00. The molecule has 1 unspecified atom stereocenters. The van der Waals surface area contributed by atoms with Gasteiger partial charge < -0.3 is 22.0 Å². The van der Waals surface area contributed by atoms with Crippen LogP contribution in [0.2, 0.25) is 0 Å². The van der Waals surface area contributed by atoms with E-state index >= 15 is 0 Å². The Hall–Kier alpha value is -3.75. The number of hydrogen-bond donors (Lipinski definition) is 3. The number of benzene rings is 1. The van der Waals surface area contributed by atoms with Crippen molar-refractivity contribution in [1.82, 2.24) is 4.98 Å². The van der Waals surface area contributed by atoms with Gasteiger partial charge in [0.05, 0.1) is 11.4 Å². The summed E-state index contributed by atoms with van der Waals surface area (Å²) in [6, 6.07) is 6.10. The number of aromatic nitrogens is 1. The molecule has 1 aromatic heterocycles. The average Bonchev–Trinajstić information content (AvgIpc) is 2.76. The number of nitrogen functional groups attached to an aromatic ring is 1. The molecule has 0 fully saturated rings. The van der Waals surface area contributed by atoms with Crippen molar-refractivity contribution < 1.29 is 9.13 Å². The van der Waals surface area contributed by atoms with Crippen molar-refractivity contribution in [1.29, 1.82) is 0 Å². The molecule has 0 radical (unpaired) electrons.